The fourth-order valence-corrected chi connectivity index (χ4v) is 3.53. The lowest BCUT2D eigenvalue weighted by Crippen LogP contribution is -2.47. The zero-order chi connectivity index (χ0) is 12.3. The van der Waals surface area contributed by atoms with Gasteiger partial charge in [-0.2, -0.15) is 0 Å². The second-order valence-corrected chi connectivity index (χ2v) is 5.69. The van der Waals surface area contributed by atoms with Gasteiger partial charge < -0.3 is 4.90 Å². The van der Waals surface area contributed by atoms with Crippen LogP contribution in [0.15, 0.2) is 30.3 Å². The van der Waals surface area contributed by atoms with E-state index in [0.717, 1.165) is 5.92 Å². The van der Waals surface area contributed by atoms with E-state index in [0.29, 0.717) is 5.41 Å². The summed E-state index contributed by atoms with van der Waals surface area (Å²) < 4.78 is 0. The van der Waals surface area contributed by atoms with Crippen molar-refractivity contribution in [2.75, 3.05) is 20.1 Å². The van der Waals surface area contributed by atoms with E-state index in [9.17, 15) is 0 Å². The van der Waals surface area contributed by atoms with Crippen LogP contribution in [0.1, 0.15) is 38.7 Å². The first kappa shape index (κ1) is 15.7. The van der Waals surface area contributed by atoms with E-state index in [1.54, 1.807) is 5.56 Å². The molecule has 1 heterocycles. The van der Waals surface area contributed by atoms with Crippen LogP contribution in [0.2, 0.25) is 0 Å². The highest BCUT2D eigenvalue weighted by molar-refractivity contribution is 8.93. The largest absolute Gasteiger partial charge is 0.306 e. The molecule has 102 valence electrons. The predicted molar refractivity (Wildman–Crippen MR) is 84.6 cm³/mol. The molecule has 1 aliphatic heterocycles. The van der Waals surface area contributed by atoms with Crippen LogP contribution < -0.4 is 0 Å². The lowest BCUT2D eigenvalue weighted by atomic mass is 9.64. The van der Waals surface area contributed by atoms with E-state index in [1.165, 1.54) is 32.4 Å². The molecular formula is C16H26BrN. The highest BCUT2D eigenvalue weighted by Crippen LogP contribution is 2.42. The molecule has 1 aromatic carbocycles. The molecule has 1 aromatic rings. The van der Waals surface area contributed by atoms with Gasteiger partial charge in [-0.15, -0.1) is 17.0 Å². The summed E-state index contributed by atoms with van der Waals surface area (Å²) >= 11 is 0. The Balaban J connectivity index is 0.00000162. The van der Waals surface area contributed by atoms with Crippen molar-refractivity contribution in [2.45, 2.75) is 38.5 Å². The maximum atomic E-state index is 2.47. The van der Waals surface area contributed by atoms with Crippen molar-refractivity contribution in [3.63, 3.8) is 0 Å². The molecule has 0 aliphatic carbocycles. The average Bonchev–Trinajstić information content (AvgIpc) is 2.34. The number of hydrogen-bond donors (Lipinski definition) is 0. The highest BCUT2D eigenvalue weighted by atomic mass is 79.9. The Morgan fingerprint density at radius 3 is 2.50 bits per heavy atom. The van der Waals surface area contributed by atoms with Crippen LogP contribution in [-0.4, -0.2) is 25.0 Å². The second kappa shape index (κ2) is 6.72. The van der Waals surface area contributed by atoms with Gasteiger partial charge in [0.1, 0.15) is 0 Å². The van der Waals surface area contributed by atoms with Crippen molar-refractivity contribution in [3.8, 4) is 0 Å². The zero-order valence-corrected chi connectivity index (χ0v) is 13.6. The molecule has 0 bridgehead atoms. The third kappa shape index (κ3) is 2.97. The number of likely N-dealkylation sites (tertiary alicyclic amines) is 1. The van der Waals surface area contributed by atoms with Crippen LogP contribution in [0.5, 0.6) is 0 Å². The molecule has 0 radical (unpaired) electrons. The van der Waals surface area contributed by atoms with E-state index in [-0.39, 0.29) is 17.0 Å². The molecule has 0 saturated carbocycles. The van der Waals surface area contributed by atoms with E-state index in [2.05, 4.69) is 56.1 Å². The van der Waals surface area contributed by atoms with Crippen molar-refractivity contribution in [1.29, 1.82) is 0 Å². The minimum absolute atomic E-state index is 0. The Hall–Kier alpha value is -0.340. The fraction of sp³-hybridized carbons (Fsp3) is 0.625. The van der Waals surface area contributed by atoms with Gasteiger partial charge in [0, 0.05) is 12.0 Å². The smallest absolute Gasteiger partial charge is 0.00125 e. The zero-order valence-electron chi connectivity index (χ0n) is 11.9. The van der Waals surface area contributed by atoms with Gasteiger partial charge in [-0.05, 0) is 37.9 Å². The first-order chi connectivity index (χ1) is 8.19. The van der Waals surface area contributed by atoms with Gasteiger partial charge in [0.2, 0.25) is 0 Å². The van der Waals surface area contributed by atoms with Gasteiger partial charge >= 0.3 is 0 Å². The van der Waals surface area contributed by atoms with Crippen molar-refractivity contribution in [2.24, 2.45) is 5.92 Å². The molecule has 2 heteroatoms. The van der Waals surface area contributed by atoms with E-state index >= 15 is 0 Å². The monoisotopic (exact) mass is 311 g/mol. The Labute approximate surface area is 122 Å². The molecule has 1 fully saturated rings. The normalized spacial score (nSPS) is 28.7. The standard InChI is InChI=1S/C16H25N.BrH/c1-4-10-16(15-8-6-5-7-9-15)11-12-17(3)13-14(16)2;/h5-9,14H,4,10-13H2,1-3H3;1H/t14-,16-;/m0./s1. The van der Waals surface area contributed by atoms with E-state index < -0.39 is 0 Å². The molecule has 1 saturated heterocycles. The van der Waals surface area contributed by atoms with Gasteiger partial charge in [0.05, 0.1) is 0 Å². The van der Waals surface area contributed by atoms with Crippen LogP contribution in [0.25, 0.3) is 0 Å². The summed E-state index contributed by atoms with van der Waals surface area (Å²) in [5, 5.41) is 0. The van der Waals surface area contributed by atoms with Gasteiger partial charge in [0.25, 0.3) is 0 Å². The van der Waals surface area contributed by atoms with Crippen molar-refractivity contribution >= 4 is 17.0 Å². The molecule has 2 atom stereocenters. The van der Waals surface area contributed by atoms with Crippen LogP contribution >= 0.6 is 17.0 Å². The SMILES string of the molecule is Br.CCC[C@]1(c2ccccc2)CCN(C)C[C@@H]1C. The summed E-state index contributed by atoms with van der Waals surface area (Å²) in [5.41, 5.74) is 1.98. The minimum atomic E-state index is 0. The van der Waals surface area contributed by atoms with Crippen LogP contribution in [0, 0.1) is 5.92 Å². The third-order valence-corrected chi connectivity index (χ3v) is 4.51. The Bertz CT molecular complexity index is 351. The van der Waals surface area contributed by atoms with Gasteiger partial charge in [0.15, 0.2) is 0 Å². The Morgan fingerprint density at radius 2 is 1.94 bits per heavy atom. The number of hydrogen-bond acceptors (Lipinski definition) is 1. The van der Waals surface area contributed by atoms with Crippen LogP contribution in [0.3, 0.4) is 0 Å². The third-order valence-electron chi connectivity index (χ3n) is 4.51. The number of halogens is 1. The molecule has 18 heavy (non-hydrogen) atoms. The second-order valence-electron chi connectivity index (χ2n) is 5.69. The summed E-state index contributed by atoms with van der Waals surface area (Å²) in [6, 6.07) is 11.2. The minimum Gasteiger partial charge on any atom is -0.306 e. The number of nitrogens with zero attached hydrogens (tertiary/aromatic N) is 1. The summed E-state index contributed by atoms with van der Waals surface area (Å²) in [4.78, 5) is 2.47. The van der Waals surface area contributed by atoms with Crippen molar-refractivity contribution in [1.82, 2.24) is 4.90 Å². The molecule has 0 spiro atoms. The summed E-state index contributed by atoms with van der Waals surface area (Å²) in [6.07, 6.45) is 3.91. The molecule has 0 N–H and O–H groups in total. The number of piperidine rings is 1. The first-order valence-electron chi connectivity index (χ1n) is 6.93. The van der Waals surface area contributed by atoms with Crippen LogP contribution in [0.4, 0.5) is 0 Å². The molecule has 2 rings (SSSR count). The lowest BCUT2D eigenvalue weighted by molar-refractivity contribution is 0.112. The van der Waals surface area contributed by atoms with Crippen LogP contribution in [-0.2, 0) is 5.41 Å². The Morgan fingerprint density at radius 1 is 1.28 bits per heavy atom. The summed E-state index contributed by atoms with van der Waals surface area (Å²) in [7, 11) is 2.25. The summed E-state index contributed by atoms with van der Waals surface area (Å²) in [6.45, 7) is 7.21. The van der Waals surface area contributed by atoms with E-state index in [4.69, 9.17) is 0 Å². The Kier molecular flexibility index (Phi) is 5.87. The molecule has 0 unspecified atom stereocenters. The van der Waals surface area contributed by atoms with Crippen molar-refractivity contribution < 1.29 is 0 Å². The average molecular weight is 312 g/mol. The summed E-state index contributed by atoms with van der Waals surface area (Å²) in [5.74, 6) is 0.753. The molecule has 1 aliphatic rings. The quantitative estimate of drug-likeness (QED) is 0.805. The predicted octanol–water partition coefficient (Wildman–Crippen LogP) is 4.27. The topological polar surface area (TPSA) is 3.24 Å². The molecule has 0 amide bonds. The molecule has 1 nitrogen and oxygen atoms in total. The van der Waals surface area contributed by atoms with Crippen molar-refractivity contribution in [3.05, 3.63) is 35.9 Å². The van der Waals surface area contributed by atoms with Gasteiger partial charge in [-0.1, -0.05) is 50.6 Å². The lowest BCUT2D eigenvalue weighted by Gasteiger charge is -2.46. The van der Waals surface area contributed by atoms with Gasteiger partial charge in [-0.25, -0.2) is 0 Å². The number of rotatable bonds is 3. The van der Waals surface area contributed by atoms with Gasteiger partial charge in [-0.3, -0.25) is 0 Å². The van der Waals surface area contributed by atoms with E-state index in [1.807, 2.05) is 0 Å². The maximum absolute atomic E-state index is 2.47. The maximum Gasteiger partial charge on any atom is 0.00125 e. The highest BCUT2D eigenvalue weighted by Gasteiger charge is 2.40. The number of benzene rings is 1. The fourth-order valence-electron chi connectivity index (χ4n) is 3.53. The molecule has 0 aromatic heterocycles. The molecular weight excluding hydrogens is 286 g/mol. The first-order valence-corrected chi connectivity index (χ1v) is 6.93.